The van der Waals surface area contributed by atoms with Gasteiger partial charge in [-0.3, -0.25) is 4.79 Å². The first-order chi connectivity index (χ1) is 9.52. The van der Waals surface area contributed by atoms with Gasteiger partial charge in [0.2, 0.25) is 0 Å². The van der Waals surface area contributed by atoms with Crippen LogP contribution >= 0.6 is 0 Å². The summed E-state index contributed by atoms with van der Waals surface area (Å²) in [4.78, 5) is 12.3. The fourth-order valence-corrected chi connectivity index (χ4v) is 2.23. The molecule has 1 aromatic heterocycles. The molecule has 1 N–H and O–H groups in total. The molecule has 0 radical (unpaired) electrons. The predicted molar refractivity (Wildman–Crippen MR) is 77.1 cm³/mol. The van der Waals surface area contributed by atoms with Crippen LogP contribution in [0.4, 0.5) is 0 Å². The van der Waals surface area contributed by atoms with Crippen molar-refractivity contribution in [1.29, 1.82) is 0 Å². The van der Waals surface area contributed by atoms with E-state index in [0.717, 1.165) is 17.1 Å². The molecule has 0 aliphatic carbocycles. The zero-order valence-corrected chi connectivity index (χ0v) is 12.2. The maximum absolute atomic E-state index is 12.3. The highest BCUT2D eigenvalue weighted by molar-refractivity contribution is 5.95. The lowest BCUT2D eigenvalue weighted by Gasteiger charge is -2.17. The minimum absolute atomic E-state index is 0.141. The highest BCUT2D eigenvalue weighted by Crippen LogP contribution is 2.25. The van der Waals surface area contributed by atoms with Crippen LogP contribution in [0.25, 0.3) is 0 Å². The van der Waals surface area contributed by atoms with Gasteiger partial charge in [0.15, 0.2) is 0 Å². The molecule has 0 aliphatic rings. The minimum atomic E-state index is -0.145. The molecule has 0 aliphatic heterocycles. The van der Waals surface area contributed by atoms with E-state index >= 15 is 0 Å². The molecule has 0 saturated carbocycles. The number of amides is 1. The van der Waals surface area contributed by atoms with Crippen molar-refractivity contribution in [3.05, 3.63) is 53.0 Å². The number of carbonyl (C=O) groups is 1. The first kappa shape index (κ1) is 14.2. The lowest BCUT2D eigenvalue weighted by Crippen LogP contribution is -2.27. The van der Waals surface area contributed by atoms with E-state index in [1.165, 1.54) is 0 Å². The Morgan fingerprint density at radius 2 is 2.00 bits per heavy atom. The van der Waals surface area contributed by atoms with Gasteiger partial charge in [-0.15, -0.1) is 0 Å². The van der Waals surface area contributed by atoms with E-state index in [2.05, 4.69) is 5.32 Å². The molecule has 0 spiro atoms. The number of furan rings is 1. The van der Waals surface area contributed by atoms with Crippen molar-refractivity contribution >= 4 is 5.91 Å². The van der Waals surface area contributed by atoms with Crippen molar-refractivity contribution in [2.45, 2.75) is 26.8 Å². The second-order valence-corrected chi connectivity index (χ2v) is 4.76. The molecular weight excluding hydrogens is 254 g/mol. The quantitative estimate of drug-likeness (QED) is 0.929. The smallest absolute Gasteiger partial charge is 0.255 e. The molecule has 2 aromatic rings. The summed E-state index contributed by atoms with van der Waals surface area (Å²) in [6, 6.07) is 9.25. The Balaban J connectivity index is 2.17. The Bertz CT molecular complexity index is 616. The predicted octanol–water partition coefficient (Wildman–Crippen LogP) is 3.40. The molecule has 106 valence electrons. The number of rotatable bonds is 4. The van der Waals surface area contributed by atoms with Gasteiger partial charge < -0.3 is 14.5 Å². The molecule has 2 rings (SSSR count). The normalized spacial score (nSPS) is 12.0. The van der Waals surface area contributed by atoms with E-state index < -0.39 is 0 Å². The molecule has 4 nitrogen and oxygen atoms in total. The Morgan fingerprint density at radius 1 is 1.30 bits per heavy atom. The van der Waals surface area contributed by atoms with E-state index in [0.29, 0.717) is 11.3 Å². The molecule has 1 aromatic carbocycles. The summed E-state index contributed by atoms with van der Waals surface area (Å²) in [7, 11) is 1.62. The minimum Gasteiger partial charge on any atom is -0.496 e. The first-order valence-corrected chi connectivity index (χ1v) is 6.53. The first-order valence-electron chi connectivity index (χ1n) is 6.53. The average molecular weight is 273 g/mol. The third-order valence-electron chi connectivity index (χ3n) is 3.24. The Hall–Kier alpha value is -2.23. The molecule has 1 heterocycles. The lowest BCUT2D eigenvalue weighted by molar-refractivity contribution is 0.0938. The number of aryl methyl sites for hydroxylation is 2. The molecule has 0 bridgehead atoms. The number of hydrogen-bond donors (Lipinski definition) is 1. The number of carbonyl (C=O) groups excluding carboxylic acids is 1. The van der Waals surface area contributed by atoms with Crippen LogP contribution in [0.2, 0.25) is 0 Å². The summed E-state index contributed by atoms with van der Waals surface area (Å²) in [5, 5.41) is 2.96. The fourth-order valence-electron chi connectivity index (χ4n) is 2.23. The summed E-state index contributed by atoms with van der Waals surface area (Å²) in [5.74, 6) is 1.99. The van der Waals surface area contributed by atoms with Gasteiger partial charge in [-0.2, -0.15) is 0 Å². The van der Waals surface area contributed by atoms with E-state index in [-0.39, 0.29) is 11.9 Å². The van der Waals surface area contributed by atoms with Crippen molar-refractivity contribution in [3.63, 3.8) is 0 Å². The van der Waals surface area contributed by atoms with Crippen LogP contribution in [0, 0.1) is 13.8 Å². The SMILES string of the molecule is COc1ccccc1[C@@H](C)NC(=O)c1cc(C)oc1C. The Kier molecular flexibility index (Phi) is 4.13. The molecule has 1 amide bonds. The van der Waals surface area contributed by atoms with Crippen molar-refractivity contribution in [1.82, 2.24) is 5.32 Å². The zero-order valence-electron chi connectivity index (χ0n) is 12.2. The Morgan fingerprint density at radius 3 is 2.60 bits per heavy atom. The summed E-state index contributed by atoms with van der Waals surface area (Å²) in [5.41, 5.74) is 1.52. The number of benzene rings is 1. The van der Waals surface area contributed by atoms with Crippen molar-refractivity contribution in [2.24, 2.45) is 0 Å². The average Bonchev–Trinajstić information content (AvgIpc) is 2.77. The Labute approximate surface area is 118 Å². The highest BCUT2D eigenvalue weighted by Gasteiger charge is 2.18. The number of methoxy groups -OCH3 is 1. The summed E-state index contributed by atoms with van der Waals surface area (Å²) >= 11 is 0. The van der Waals surface area contributed by atoms with Crippen molar-refractivity contribution < 1.29 is 13.9 Å². The van der Waals surface area contributed by atoms with Crippen LogP contribution in [0.3, 0.4) is 0 Å². The number of nitrogens with one attached hydrogen (secondary N) is 1. The highest BCUT2D eigenvalue weighted by atomic mass is 16.5. The van der Waals surface area contributed by atoms with Gasteiger partial charge in [-0.1, -0.05) is 18.2 Å². The van der Waals surface area contributed by atoms with E-state index in [1.54, 1.807) is 20.1 Å². The van der Waals surface area contributed by atoms with Gasteiger partial charge in [0, 0.05) is 5.56 Å². The molecule has 0 fully saturated rings. The van der Waals surface area contributed by atoms with Crippen LogP contribution < -0.4 is 10.1 Å². The van der Waals surface area contributed by atoms with Crippen molar-refractivity contribution in [2.75, 3.05) is 7.11 Å². The molecule has 4 heteroatoms. The van der Waals surface area contributed by atoms with Gasteiger partial charge >= 0.3 is 0 Å². The molecular formula is C16H19NO3. The van der Waals surface area contributed by atoms with E-state index in [1.807, 2.05) is 38.1 Å². The number of para-hydroxylation sites is 1. The van der Waals surface area contributed by atoms with Crippen LogP contribution in [-0.2, 0) is 0 Å². The molecule has 20 heavy (non-hydrogen) atoms. The second-order valence-electron chi connectivity index (χ2n) is 4.76. The second kappa shape index (κ2) is 5.82. The molecule has 0 unspecified atom stereocenters. The van der Waals surface area contributed by atoms with E-state index in [9.17, 15) is 4.79 Å². The fraction of sp³-hybridized carbons (Fsp3) is 0.312. The third-order valence-corrected chi connectivity index (χ3v) is 3.24. The van der Waals surface area contributed by atoms with Gasteiger partial charge in [0.05, 0.1) is 18.7 Å². The monoisotopic (exact) mass is 273 g/mol. The maximum atomic E-state index is 12.3. The largest absolute Gasteiger partial charge is 0.496 e. The van der Waals surface area contributed by atoms with Crippen LogP contribution in [0.15, 0.2) is 34.7 Å². The molecule has 0 saturated heterocycles. The standard InChI is InChI=1S/C16H19NO3/c1-10-9-14(12(3)20-10)16(18)17-11(2)13-7-5-6-8-15(13)19-4/h5-9,11H,1-4H3,(H,17,18)/t11-/m1/s1. The molecule has 1 atom stereocenters. The van der Waals surface area contributed by atoms with E-state index in [4.69, 9.17) is 9.15 Å². The van der Waals surface area contributed by atoms with Gasteiger partial charge in [-0.25, -0.2) is 0 Å². The van der Waals surface area contributed by atoms with Crippen LogP contribution in [0.1, 0.15) is 40.4 Å². The summed E-state index contributed by atoms with van der Waals surface area (Å²) in [6.07, 6.45) is 0. The summed E-state index contributed by atoms with van der Waals surface area (Å²) in [6.45, 7) is 5.54. The summed E-state index contributed by atoms with van der Waals surface area (Å²) < 4.78 is 10.7. The maximum Gasteiger partial charge on any atom is 0.255 e. The number of ether oxygens (including phenoxy) is 1. The number of hydrogen-bond acceptors (Lipinski definition) is 3. The van der Waals surface area contributed by atoms with Gasteiger partial charge in [0.1, 0.15) is 17.3 Å². The van der Waals surface area contributed by atoms with Gasteiger partial charge in [-0.05, 0) is 32.9 Å². The van der Waals surface area contributed by atoms with Crippen molar-refractivity contribution in [3.8, 4) is 5.75 Å². The van der Waals surface area contributed by atoms with Crippen LogP contribution in [0.5, 0.6) is 5.75 Å². The van der Waals surface area contributed by atoms with Gasteiger partial charge in [0.25, 0.3) is 5.91 Å². The third kappa shape index (κ3) is 2.85. The topological polar surface area (TPSA) is 51.5 Å². The van der Waals surface area contributed by atoms with Crippen LogP contribution in [-0.4, -0.2) is 13.0 Å². The lowest BCUT2D eigenvalue weighted by atomic mass is 10.1. The zero-order chi connectivity index (χ0) is 14.7.